The van der Waals surface area contributed by atoms with Crippen LogP contribution in [0.1, 0.15) is 24.3 Å². The molecule has 128 valence electrons. The molecule has 24 heavy (non-hydrogen) atoms. The lowest BCUT2D eigenvalue weighted by molar-refractivity contribution is -0.131. The molecule has 7 heteroatoms. The predicted octanol–water partition coefficient (Wildman–Crippen LogP) is 2.19. The largest absolute Gasteiger partial charge is 0.408 e. The van der Waals surface area contributed by atoms with E-state index in [1.165, 1.54) is 12.1 Å². The molecule has 0 saturated carbocycles. The monoisotopic (exact) mass is 332 g/mol. The number of anilines is 1. The number of amides is 1. The Bertz CT molecular complexity index is 678. The highest BCUT2D eigenvalue weighted by molar-refractivity contribution is 5.76. The number of halogens is 1. The molecule has 1 aromatic carbocycles. The minimum atomic E-state index is -0.232. The van der Waals surface area contributed by atoms with Crippen molar-refractivity contribution in [2.24, 2.45) is 0 Å². The van der Waals surface area contributed by atoms with Gasteiger partial charge >= 0.3 is 6.01 Å². The van der Waals surface area contributed by atoms with Crippen molar-refractivity contribution in [3.05, 3.63) is 41.5 Å². The number of hydrogen-bond acceptors (Lipinski definition) is 5. The summed E-state index contributed by atoms with van der Waals surface area (Å²) >= 11 is 0. The predicted molar refractivity (Wildman–Crippen MR) is 87.2 cm³/mol. The lowest BCUT2D eigenvalue weighted by Gasteiger charge is -2.33. The van der Waals surface area contributed by atoms with E-state index >= 15 is 0 Å². The van der Waals surface area contributed by atoms with Gasteiger partial charge in [-0.1, -0.05) is 17.2 Å². The van der Waals surface area contributed by atoms with Gasteiger partial charge in [0.2, 0.25) is 11.8 Å². The van der Waals surface area contributed by atoms with Gasteiger partial charge in [-0.2, -0.15) is 0 Å². The molecule has 0 unspecified atom stereocenters. The topological polar surface area (TPSA) is 62.5 Å². The molecule has 2 heterocycles. The molecule has 1 aromatic heterocycles. The molecule has 6 nitrogen and oxygen atoms in total. The fraction of sp³-hybridized carbons (Fsp3) is 0.471. The van der Waals surface area contributed by atoms with E-state index in [-0.39, 0.29) is 11.7 Å². The van der Waals surface area contributed by atoms with Crippen LogP contribution in [0.4, 0.5) is 10.4 Å². The summed E-state index contributed by atoms with van der Waals surface area (Å²) in [6.07, 6.45) is 2.07. The van der Waals surface area contributed by atoms with Gasteiger partial charge < -0.3 is 14.2 Å². The first kappa shape index (κ1) is 16.4. The van der Waals surface area contributed by atoms with Crippen molar-refractivity contribution in [3.63, 3.8) is 0 Å². The lowest BCUT2D eigenvalue weighted by atomic mass is 10.1. The Hall–Kier alpha value is -2.44. The Kier molecular flexibility index (Phi) is 5.08. The van der Waals surface area contributed by atoms with Gasteiger partial charge in [-0.15, -0.1) is 5.10 Å². The van der Waals surface area contributed by atoms with Gasteiger partial charge in [0.15, 0.2) is 0 Å². The van der Waals surface area contributed by atoms with E-state index in [0.717, 1.165) is 18.4 Å². The standard InChI is InChI=1S/C17H21FN4O2/c1-13-19-20-17(24-13)22-11-9-21(10-12-22)16(23)4-2-3-14-5-7-15(18)8-6-14/h5-8H,2-4,9-12H2,1H3. The summed E-state index contributed by atoms with van der Waals surface area (Å²) in [5.41, 5.74) is 1.06. The number of hydrogen-bond donors (Lipinski definition) is 0. The zero-order valence-corrected chi connectivity index (χ0v) is 13.7. The molecule has 1 fully saturated rings. The summed E-state index contributed by atoms with van der Waals surface area (Å²) in [5, 5.41) is 7.84. The lowest BCUT2D eigenvalue weighted by Crippen LogP contribution is -2.48. The Balaban J connectivity index is 1.41. The minimum absolute atomic E-state index is 0.165. The van der Waals surface area contributed by atoms with Gasteiger partial charge in [-0.05, 0) is 30.5 Å². The maximum atomic E-state index is 12.9. The fourth-order valence-corrected chi connectivity index (χ4v) is 2.81. The van der Waals surface area contributed by atoms with Crippen LogP contribution in [0.25, 0.3) is 0 Å². The van der Waals surface area contributed by atoms with Crippen LogP contribution < -0.4 is 4.90 Å². The maximum absolute atomic E-state index is 12.9. The SMILES string of the molecule is Cc1nnc(N2CCN(C(=O)CCCc3ccc(F)cc3)CC2)o1. The summed E-state index contributed by atoms with van der Waals surface area (Å²) in [4.78, 5) is 16.2. The second kappa shape index (κ2) is 7.42. The van der Waals surface area contributed by atoms with Gasteiger partial charge in [0, 0.05) is 39.5 Å². The molecule has 0 N–H and O–H groups in total. The highest BCUT2D eigenvalue weighted by Gasteiger charge is 2.23. The zero-order chi connectivity index (χ0) is 16.9. The first-order valence-electron chi connectivity index (χ1n) is 8.19. The van der Waals surface area contributed by atoms with Crippen LogP contribution >= 0.6 is 0 Å². The van der Waals surface area contributed by atoms with Crippen LogP contribution in [-0.2, 0) is 11.2 Å². The third-order valence-electron chi connectivity index (χ3n) is 4.19. The van der Waals surface area contributed by atoms with E-state index in [9.17, 15) is 9.18 Å². The molecule has 3 rings (SSSR count). The summed E-state index contributed by atoms with van der Waals surface area (Å²) in [5.74, 6) is 0.479. The molecular weight excluding hydrogens is 311 g/mol. The summed E-state index contributed by atoms with van der Waals surface area (Å²) in [6, 6.07) is 6.97. The minimum Gasteiger partial charge on any atom is -0.408 e. The van der Waals surface area contributed by atoms with Crippen molar-refractivity contribution in [2.45, 2.75) is 26.2 Å². The molecule has 0 spiro atoms. The van der Waals surface area contributed by atoms with Crippen molar-refractivity contribution in [3.8, 4) is 0 Å². The smallest absolute Gasteiger partial charge is 0.318 e. The van der Waals surface area contributed by atoms with Gasteiger partial charge in [-0.25, -0.2) is 4.39 Å². The number of aryl methyl sites for hydroxylation is 2. The van der Waals surface area contributed by atoms with Crippen molar-refractivity contribution >= 4 is 11.9 Å². The molecule has 1 saturated heterocycles. The second-order valence-electron chi connectivity index (χ2n) is 5.95. The van der Waals surface area contributed by atoms with E-state index in [1.54, 1.807) is 19.1 Å². The van der Waals surface area contributed by atoms with E-state index in [1.807, 2.05) is 9.80 Å². The molecule has 2 aromatic rings. The van der Waals surface area contributed by atoms with Crippen molar-refractivity contribution < 1.29 is 13.6 Å². The Morgan fingerprint density at radius 3 is 2.50 bits per heavy atom. The summed E-state index contributed by atoms with van der Waals surface area (Å²) < 4.78 is 18.3. The van der Waals surface area contributed by atoms with Crippen LogP contribution in [0.3, 0.4) is 0 Å². The number of carbonyl (C=O) groups excluding carboxylic acids is 1. The fourth-order valence-electron chi connectivity index (χ4n) is 2.81. The normalized spacial score (nSPS) is 14.9. The van der Waals surface area contributed by atoms with Crippen LogP contribution in [-0.4, -0.2) is 47.2 Å². The highest BCUT2D eigenvalue weighted by Crippen LogP contribution is 2.15. The molecule has 0 radical (unpaired) electrons. The Labute approximate surface area is 140 Å². The van der Waals surface area contributed by atoms with Gasteiger partial charge in [-0.3, -0.25) is 4.79 Å². The first-order valence-corrected chi connectivity index (χ1v) is 8.19. The molecule has 0 atom stereocenters. The number of benzene rings is 1. The summed E-state index contributed by atoms with van der Waals surface area (Å²) in [6.45, 7) is 4.49. The van der Waals surface area contributed by atoms with E-state index in [4.69, 9.17) is 4.42 Å². The average molecular weight is 332 g/mol. The molecule has 1 aliphatic rings. The van der Waals surface area contributed by atoms with Crippen LogP contribution in [0, 0.1) is 12.7 Å². The van der Waals surface area contributed by atoms with E-state index in [2.05, 4.69) is 10.2 Å². The number of piperazine rings is 1. The van der Waals surface area contributed by atoms with E-state index in [0.29, 0.717) is 44.5 Å². The van der Waals surface area contributed by atoms with Gasteiger partial charge in [0.1, 0.15) is 5.82 Å². The first-order chi connectivity index (χ1) is 11.6. The average Bonchev–Trinajstić information content (AvgIpc) is 3.03. The maximum Gasteiger partial charge on any atom is 0.318 e. The third-order valence-corrected chi connectivity index (χ3v) is 4.19. The van der Waals surface area contributed by atoms with Crippen LogP contribution in [0.15, 0.2) is 28.7 Å². The number of nitrogens with zero attached hydrogens (tertiary/aromatic N) is 4. The van der Waals surface area contributed by atoms with E-state index < -0.39 is 0 Å². The number of rotatable bonds is 5. The molecule has 0 aliphatic carbocycles. The number of aromatic nitrogens is 2. The molecule has 1 aliphatic heterocycles. The van der Waals surface area contributed by atoms with Crippen molar-refractivity contribution in [1.82, 2.24) is 15.1 Å². The van der Waals surface area contributed by atoms with Gasteiger partial charge in [0.25, 0.3) is 0 Å². The van der Waals surface area contributed by atoms with Gasteiger partial charge in [0.05, 0.1) is 0 Å². The number of carbonyl (C=O) groups is 1. The molecular formula is C17H21FN4O2. The highest BCUT2D eigenvalue weighted by atomic mass is 19.1. The quantitative estimate of drug-likeness (QED) is 0.840. The Morgan fingerprint density at radius 2 is 1.88 bits per heavy atom. The van der Waals surface area contributed by atoms with Crippen molar-refractivity contribution in [2.75, 3.05) is 31.1 Å². The van der Waals surface area contributed by atoms with Crippen molar-refractivity contribution in [1.29, 1.82) is 0 Å². The summed E-state index contributed by atoms with van der Waals surface area (Å²) in [7, 11) is 0. The third kappa shape index (κ3) is 4.10. The molecule has 1 amide bonds. The second-order valence-corrected chi connectivity index (χ2v) is 5.95. The van der Waals surface area contributed by atoms with Crippen LogP contribution in [0.2, 0.25) is 0 Å². The van der Waals surface area contributed by atoms with Crippen LogP contribution in [0.5, 0.6) is 0 Å². The zero-order valence-electron chi connectivity index (χ0n) is 13.7. The molecule has 0 bridgehead atoms. The Morgan fingerprint density at radius 1 is 1.17 bits per heavy atom.